The van der Waals surface area contributed by atoms with Gasteiger partial charge in [-0.2, -0.15) is 0 Å². The number of hydrogen-bond acceptors (Lipinski definition) is 5. The molecular weight excluding hydrogens is 260 g/mol. The molecule has 0 aliphatic heterocycles. The third-order valence-corrected chi connectivity index (χ3v) is 3.30. The number of hydrogen-bond donors (Lipinski definition) is 1. The van der Waals surface area contributed by atoms with Crippen LogP contribution in [0.3, 0.4) is 0 Å². The number of thiol groups is 1. The number of fused-ring (bicyclic) bond motifs is 1. The lowest BCUT2D eigenvalue weighted by molar-refractivity contribution is 0.419. The first kappa shape index (κ1) is 12.0. The molecule has 6 heteroatoms. The lowest BCUT2D eigenvalue weighted by atomic mass is 10.2. The quantitative estimate of drug-likeness (QED) is 0.728. The Morgan fingerprint density at radius 2 is 2.00 bits per heavy atom. The second kappa shape index (κ2) is 4.55. The van der Waals surface area contributed by atoms with Gasteiger partial charge in [-0.3, -0.25) is 3.97 Å². The third kappa shape index (κ3) is 1.94. The fourth-order valence-corrected chi connectivity index (χ4v) is 2.34. The highest BCUT2D eigenvalue weighted by molar-refractivity contribution is 7.78. The highest BCUT2D eigenvalue weighted by Gasteiger charge is 2.13. The Morgan fingerprint density at radius 1 is 1.21 bits per heavy atom. The first-order valence-electron chi connectivity index (χ1n) is 5.74. The molecule has 0 radical (unpaired) electrons. The zero-order valence-electron chi connectivity index (χ0n) is 10.5. The van der Waals surface area contributed by atoms with Crippen molar-refractivity contribution in [2.24, 2.45) is 0 Å². The van der Waals surface area contributed by atoms with E-state index in [0.717, 1.165) is 34.0 Å². The van der Waals surface area contributed by atoms with Gasteiger partial charge in [-0.05, 0) is 25.1 Å². The molecule has 0 aromatic carbocycles. The minimum atomic E-state index is 0.719. The monoisotopic (exact) mass is 272 g/mol. The normalized spacial score (nSPS) is 10.9. The van der Waals surface area contributed by atoms with Crippen LogP contribution in [0.2, 0.25) is 0 Å². The van der Waals surface area contributed by atoms with Gasteiger partial charge in [0, 0.05) is 12.4 Å². The molecule has 0 aliphatic carbocycles. The van der Waals surface area contributed by atoms with Crippen molar-refractivity contribution in [2.75, 3.05) is 7.11 Å². The van der Waals surface area contributed by atoms with Crippen molar-refractivity contribution in [3.8, 4) is 17.1 Å². The van der Waals surface area contributed by atoms with Crippen LogP contribution in [0, 0.1) is 6.92 Å². The maximum absolute atomic E-state index is 5.34. The molecule has 0 N–H and O–H groups in total. The van der Waals surface area contributed by atoms with Crippen molar-refractivity contribution in [3.05, 3.63) is 36.4 Å². The van der Waals surface area contributed by atoms with Crippen molar-refractivity contribution >= 4 is 23.8 Å². The van der Waals surface area contributed by atoms with E-state index in [4.69, 9.17) is 4.74 Å². The van der Waals surface area contributed by atoms with Crippen molar-refractivity contribution in [1.29, 1.82) is 0 Å². The van der Waals surface area contributed by atoms with E-state index in [1.807, 2.05) is 25.1 Å². The lowest BCUT2D eigenvalue weighted by Crippen LogP contribution is -1.93. The summed E-state index contributed by atoms with van der Waals surface area (Å²) in [7, 11) is 1.64. The van der Waals surface area contributed by atoms with Gasteiger partial charge in [0.05, 0.1) is 23.9 Å². The molecule has 3 rings (SSSR count). The predicted octanol–water partition coefficient (Wildman–Crippen LogP) is 2.50. The summed E-state index contributed by atoms with van der Waals surface area (Å²) in [5.41, 5.74) is 2.41. The standard InChI is InChI=1S/C13H12N4OS/c1-8-14-5-3-10(16-8)11-7-9-12(18-2)4-6-15-13(9)17(11)19/h3-7,19H,1-2H3. The number of ether oxygens (including phenoxy) is 1. The number of nitrogens with zero attached hydrogens (tertiary/aromatic N) is 4. The van der Waals surface area contributed by atoms with Gasteiger partial charge in [0.25, 0.3) is 0 Å². The van der Waals surface area contributed by atoms with Crippen molar-refractivity contribution in [1.82, 2.24) is 18.9 Å². The second-order valence-electron chi connectivity index (χ2n) is 4.08. The molecule has 96 valence electrons. The van der Waals surface area contributed by atoms with Crippen LogP contribution in [0.4, 0.5) is 0 Å². The molecule has 0 spiro atoms. The van der Waals surface area contributed by atoms with Crippen LogP contribution in [-0.4, -0.2) is 26.0 Å². The molecule has 0 saturated heterocycles. The van der Waals surface area contributed by atoms with E-state index in [-0.39, 0.29) is 0 Å². The topological polar surface area (TPSA) is 52.8 Å². The summed E-state index contributed by atoms with van der Waals surface area (Å²) in [4.78, 5) is 12.8. The summed E-state index contributed by atoms with van der Waals surface area (Å²) in [6.45, 7) is 1.86. The van der Waals surface area contributed by atoms with Crippen LogP contribution < -0.4 is 4.74 Å². The van der Waals surface area contributed by atoms with Crippen LogP contribution in [0.1, 0.15) is 5.82 Å². The van der Waals surface area contributed by atoms with E-state index in [1.54, 1.807) is 23.5 Å². The van der Waals surface area contributed by atoms with Crippen LogP contribution in [-0.2, 0) is 0 Å². The minimum absolute atomic E-state index is 0.719. The molecule has 3 aromatic rings. The van der Waals surface area contributed by atoms with Crippen LogP contribution in [0.5, 0.6) is 5.75 Å². The molecule has 0 fully saturated rings. The fraction of sp³-hybridized carbons (Fsp3) is 0.154. The van der Waals surface area contributed by atoms with Crippen LogP contribution >= 0.6 is 12.8 Å². The zero-order valence-corrected chi connectivity index (χ0v) is 11.4. The SMILES string of the molecule is COc1ccnc2c1cc(-c1ccnc(C)n1)n2S. The summed E-state index contributed by atoms with van der Waals surface area (Å²) in [5.74, 6) is 1.49. The molecule has 5 nitrogen and oxygen atoms in total. The van der Waals surface area contributed by atoms with E-state index in [9.17, 15) is 0 Å². The Bertz CT molecular complexity index is 753. The van der Waals surface area contributed by atoms with E-state index in [2.05, 4.69) is 27.8 Å². The van der Waals surface area contributed by atoms with Gasteiger partial charge < -0.3 is 4.74 Å². The Kier molecular flexibility index (Phi) is 2.87. The second-order valence-corrected chi connectivity index (χ2v) is 4.48. The molecule has 0 unspecified atom stereocenters. The van der Waals surface area contributed by atoms with E-state index < -0.39 is 0 Å². The summed E-state index contributed by atoms with van der Waals surface area (Å²) in [6.07, 6.45) is 3.43. The summed E-state index contributed by atoms with van der Waals surface area (Å²) in [5, 5.41) is 0.909. The minimum Gasteiger partial charge on any atom is -0.496 e. The molecule has 0 bridgehead atoms. The fourth-order valence-electron chi connectivity index (χ4n) is 2.02. The van der Waals surface area contributed by atoms with Crippen molar-refractivity contribution < 1.29 is 4.74 Å². The maximum Gasteiger partial charge on any atom is 0.154 e. The molecular formula is C13H12N4OS. The van der Waals surface area contributed by atoms with Crippen LogP contribution in [0.25, 0.3) is 22.4 Å². The molecule has 0 atom stereocenters. The molecule has 0 amide bonds. The molecule has 3 heterocycles. The first-order chi connectivity index (χ1) is 9.20. The van der Waals surface area contributed by atoms with Crippen molar-refractivity contribution in [3.63, 3.8) is 0 Å². The van der Waals surface area contributed by atoms with E-state index >= 15 is 0 Å². The predicted molar refractivity (Wildman–Crippen MR) is 76.4 cm³/mol. The molecule has 19 heavy (non-hydrogen) atoms. The van der Waals surface area contributed by atoms with Crippen LogP contribution in [0.15, 0.2) is 30.6 Å². The molecule has 3 aromatic heterocycles. The zero-order chi connectivity index (χ0) is 13.4. The van der Waals surface area contributed by atoms with Gasteiger partial charge in [0.1, 0.15) is 11.6 Å². The van der Waals surface area contributed by atoms with Gasteiger partial charge in [-0.1, -0.05) is 12.8 Å². The maximum atomic E-state index is 5.34. The number of pyridine rings is 1. The smallest absolute Gasteiger partial charge is 0.154 e. The van der Waals surface area contributed by atoms with Gasteiger partial charge in [0.15, 0.2) is 5.65 Å². The summed E-state index contributed by atoms with van der Waals surface area (Å²) >= 11 is 4.48. The highest BCUT2D eigenvalue weighted by atomic mass is 32.1. The van der Waals surface area contributed by atoms with Gasteiger partial charge in [-0.15, -0.1) is 0 Å². The van der Waals surface area contributed by atoms with E-state index in [0.29, 0.717) is 0 Å². The van der Waals surface area contributed by atoms with Gasteiger partial charge in [0.2, 0.25) is 0 Å². The summed E-state index contributed by atoms with van der Waals surface area (Å²) in [6, 6.07) is 5.64. The number of rotatable bonds is 2. The first-order valence-corrected chi connectivity index (χ1v) is 6.14. The highest BCUT2D eigenvalue weighted by Crippen LogP contribution is 2.32. The summed E-state index contributed by atoms with van der Waals surface area (Å²) < 4.78 is 7.04. The Morgan fingerprint density at radius 3 is 2.74 bits per heavy atom. The Hall–Kier alpha value is -2.08. The Balaban J connectivity index is 2.28. The van der Waals surface area contributed by atoms with E-state index in [1.165, 1.54) is 0 Å². The molecule has 0 saturated carbocycles. The third-order valence-electron chi connectivity index (χ3n) is 2.90. The number of aryl methyl sites for hydroxylation is 1. The largest absolute Gasteiger partial charge is 0.496 e. The van der Waals surface area contributed by atoms with Gasteiger partial charge >= 0.3 is 0 Å². The average Bonchev–Trinajstić information content (AvgIpc) is 2.76. The Labute approximate surface area is 115 Å². The van der Waals surface area contributed by atoms with Gasteiger partial charge in [-0.25, -0.2) is 15.0 Å². The average molecular weight is 272 g/mol. The lowest BCUT2D eigenvalue weighted by Gasteiger charge is -2.02. The molecule has 0 aliphatic rings. The van der Waals surface area contributed by atoms with Crippen molar-refractivity contribution in [2.45, 2.75) is 6.92 Å². The number of aromatic nitrogens is 4. The number of methoxy groups -OCH3 is 1.